The molecule has 0 N–H and O–H groups in total. The third-order valence-electron chi connectivity index (χ3n) is 3.70. The highest BCUT2D eigenvalue weighted by atomic mass is 32.2. The van der Waals surface area contributed by atoms with Gasteiger partial charge in [-0.05, 0) is 42.3 Å². The molecule has 0 saturated carbocycles. The molecular weight excluding hydrogens is 310 g/mol. The van der Waals surface area contributed by atoms with Crippen molar-refractivity contribution in [2.45, 2.75) is 25.7 Å². The second-order valence-electron chi connectivity index (χ2n) is 5.07. The largest absolute Gasteiger partial charge is 0.494 e. The van der Waals surface area contributed by atoms with Gasteiger partial charge >= 0.3 is 0 Å². The number of nitrogens with zero attached hydrogens (tertiary/aromatic N) is 1. The van der Waals surface area contributed by atoms with Crippen molar-refractivity contribution in [3.8, 4) is 16.9 Å². The summed E-state index contributed by atoms with van der Waals surface area (Å²) in [7, 11) is -3.40. The second-order valence-corrected chi connectivity index (χ2v) is 7.01. The van der Waals surface area contributed by atoms with Gasteiger partial charge in [-0.3, -0.25) is 0 Å². The first-order valence-electron chi connectivity index (χ1n) is 7.86. The molecule has 0 aliphatic carbocycles. The van der Waals surface area contributed by atoms with E-state index in [1.54, 1.807) is 12.1 Å². The minimum Gasteiger partial charge on any atom is -0.494 e. The fraction of sp³-hybridized carbons (Fsp3) is 0.333. The SMILES string of the molecule is CCOc1ccc(-c2ccc(S(=O)(=O)N(CC)CC)cc2)cc1. The van der Waals surface area contributed by atoms with Crippen LogP contribution < -0.4 is 4.74 Å². The van der Waals surface area contributed by atoms with Gasteiger partial charge in [0.2, 0.25) is 10.0 Å². The Kier molecular flexibility index (Phi) is 5.80. The van der Waals surface area contributed by atoms with Crippen LogP contribution in [0.25, 0.3) is 11.1 Å². The Bertz CT molecular complexity index is 718. The number of ether oxygens (including phenoxy) is 1. The predicted octanol–water partition coefficient (Wildman–Crippen LogP) is 3.78. The lowest BCUT2D eigenvalue weighted by Gasteiger charge is -2.18. The summed E-state index contributed by atoms with van der Waals surface area (Å²) in [6.07, 6.45) is 0. The molecule has 0 radical (unpaired) electrons. The van der Waals surface area contributed by atoms with Gasteiger partial charge in [0.25, 0.3) is 0 Å². The van der Waals surface area contributed by atoms with E-state index in [0.717, 1.165) is 16.9 Å². The van der Waals surface area contributed by atoms with Gasteiger partial charge in [-0.15, -0.1) is 0 Å². The zero-order valence-corrected chi connectivity index (χ0v) is 14.6. The molecule has 0 spiro atoms. The summed E-state index contributed by atoms with van der Waals surface area (Å²) in [5, 5.41) is 0. The molecule has 5 heteroatoms. The molecule has 23 heavy (non-hydrogen) atoms. The van der Waals surface area contributed by atoms with E-state index in [1.807, 2.05) is 57.2 Å². The van der Waals surface area contributed by atoms with Crippen LogP contribution >= 0.6 is 0 Å². The maximum Gasteiger partial charge on any atom is 0.243 e. The maximum atomic E-state index is 12.5. The zero-order chi connectivity index (χ0) is 16.9. The van der Waals surface area contributed by atoms with Crippen molar-refractivity contribution in [1.82, 2.24) is 4.31 Å². The van der Waals surface area contributed by atoms with Gasteiger partial charge in [-0.25, -0.2) is 8.42 Å². The first-order valence-corrected chi connectivity index (χ1v) is 9.30. The molecule has 2 aromatic carbocycles. The quantitative estimate of drug-likeness (QED) is 0.774. The van der Waals surface area contributed by atoms with Crippen LogP contribution in [-0.4, -0.2) is 32.4 Å². The Morgan fingerprint density at radius 1 is 0.826 bits per heavy atom. The van der Waals surface area contributed by atoms with Crippen molar-refractivity contribution in [2.24, 2.45) is 0 Å². The van der Waals surface area contributed by atoms with E-state index in [4.69, 9.17) is 4.74 Å². The van der Waals surface area contributed by atoms with Crippen molar-refractivity contribution in [3.63, 3.8) is 0 Å². The van der Waals surface area contributed by atoms with Crippen molar-refractivity contribution in [3.05, 3.63) is 48.5 Å². The van der Waals surface area contributed by atoms with E-state index in [1.165, 1.54) is 4.31 Å². The van der Waals surface area contributed by atoms with Gasteiger partial charge in [0.05, 0.1) is 11.5 Å². The van der Waals surface area contributed by atoms with Crippen LogP contribution in [-0.2, 0) is 10.0 Å². The zero-order valence-electron chi connectivity index (χ0n) is 13.8. The molecule has 0 aromatic heterocycles. The molecule has 0 atom stereocenters. The van der Waals surface area contributed by atoms with Crippen molar-refractivity contribution in [2.75, 3.05) is 19.7 Å². The first-order chi connectivity index (χ1) is 11.0. The fourth-order valence-corrected chi connectivity index (χ4v) is 3.90. The highest BCUT2D eigenvalue weighted by Gasteiger charge is 2.21. The molecule has 2 aromatic rings. The summed E-state index contributed by atoms with van der Waals surface area (Å²) >= 11 is 0. The molecule has 0 heterocycles. The topological polar surface area (TPSA) is 46.6 Å². The van der Waals surface area contributed by atoms with Crippen LogP contribution in [0.1, 0.15) is 20.8 Å². The lowest BCUT2D eigenvalue weighted by Crippen LogP contribution is -2.30. The average molecular weight is 333 g/mol. The van der Waals surface area contributed by atoms with Gasteiger partial charge in [0, 0.05) is 13.1 Å². The Balaban J connectivity index is 2.25. The molecule has 0 bridgehead atoms. The standard InChI is InChI=1S/C18H23NO3S/c1-4-19(5-2)23(20,21)18-13-9-16(10-14-18)15-7-11-17(12-8-15)22-6-3/h7-14H,4-6H2,1-3H3. The first kappa shape index (κ1) is 17.5. The van der Waals surface area contributed by atoms with Crippen LogP contribution in [0.15, 0.2) is 53.4 Å². The Morgan fingerprint density at radius 3 is 1.74 bits per heavy atom. The van der Waals surface area contributed by atoms with E-state index in [-0.39, 0.29) is 0 Å². The number of hydrogen-bond acceptors (Lipinski definition) is 3. The van der Waals surface area contributed by atoms with Gasteiger partial charge < -0.3 is 4.74 Å². The molecule has 0 unspecified atom stereocenters. The summed E-state index contributed by atoms with van der Waals surface area (Å²) in [4.78, 5) is 0.330. The lowest BCUT2D eigenvalue weighted by molar-refractivity contribution is 0.340. The summed E-state index contributed by atoms with van der Waals surface area (Å²) < 4.78 is 31.8. The number of sulfonamides is 1. The van der Waals surface area contributed by atoms with Crippen LogP contribution in [0.2, 0.25) is 0 Å². The molecule has 2 rings (SSSR count). The van der Waals surface area contributed by atoms with Gasteiger partial charge in [0.15, 0.2) is 0 Å². The molecule has 124 valence electrons. The predicted molar refractivity (Wildman–Crippen MR) is 93.2 cm³/mol. The average Bonchev–Trinajstić information content (AvgIpc) is 2.57. The van der Waals surface area contributed by atoms with E-state index >= 15 is 0 Å². The number of hydrogen-bond donors (Lipinski definition) is 0. The number of benzene rings is 2. The van der Waals surface area contributed by atoms with Gasteiger partial charge in [-0.1, -0.05) is 38.1 Å². The molecule has 0 aliphatic rings. The van der Waals surface area contributed by atoms with Crippen LogP contribution in [0.4, 0.5) is 0 Å². The minimum absolute atomic E-state index is 0.330. The maximum absolute atomic E-state index is 12.5. The van der Waals surface area contributed by atoms with E-state index in [0.29, 0.717) is 24.6 Å². The molecular formula is C18H23NO3S. The fourth-order valence-electron chi connectivity index (χ4n) is 2.44. The van der Waals surface area contributed by atoms with Gasteiger partial charge in [-0.2, -0.15) is 4.31 Å². The third kappa shape index (κ3) is 3.92. The Morgan fingerprint density at radius 2 is 1.30 bits per heavy atom. The van der Waals surface area contributed by atoms with Crippen molar-refractivity contribution < 1.29 is 13.2 Å². The summed E-state index contributed by atoms with van der Waals surface area (Å²) in [5.41, 5.74) is 2.01. The summed E-state index contributed by atoms with van der Waals surface area (Å²) in [6, 6.07) is 14.8. The molecule has 4 nitrogen and oxygen atoms in total. The summed E-state index contributed by atoms with van der Waals surface area (Å²) in [5.74, 6) is 0.831. The van der Waals surface area contributed by atoms with E-state index in [9.17, 15) is 8.42 Å². The molecule has 0 fully saturated rings. The van der Waals surface area contributed by atoms with Crippen molar-refractivity contribution in [1.29, 1.82) is 0 Å². The van der Waals surface area contributed by atoms with E-state index < -0.39 is 10.0 Å². The Hall–Kier alpha value is -1.85. The molecule has 0 amide bonds. The smallest absolute Gasteiger partial charge is 0.243 e. The summed E-state index contributed by atoms with van der Waals surface area (Å²) in [6.45, 7) is 7.21. The van der Waals surface area contributed by atoms with E-state index in [2.05, 4.69) is 0 Å². The number of rotatable bonds is 7. The lowest BCUT2D eigenvalue weighted by atomic mass is 10.1. The van der Waals surface area contributed by atoms with Crippen LogP contribution in [0, 0.1) is 0 Å². The van der Waals surface area contributed by atoms with Crippen molar-refractivity contribution >= 4 is 10.0 Å². The third-order valence-corrected chi connectivity index (χ3v) is 5.76. The highest BCUT2D eigenvalue weighted by Crippen LogP contribution is 2.25. The monoisotopic (exact) mass is 333 g/mol. The molecule has 0 aliphatic heterocycles. The van der Waals surface area contributed by atoms with Crippen LogP contribution in [0.5, 0.6) is 5.75 Å². The Labute approximate surface area is 138 Å². The molecule has 0 saturated heterocycles. The highest BCUT2D eigenvalue weighted by molar-refractivity contribution is 7.89. The van der Waals surface area contributed by atoms with Gasteiger partial charge in [0.1, 0.15) is 5.75 Å². The van der Waals surface area contributed by atoms with Crippen LogP contribution in [0.3, 0.4) is 0 Å². The second kappa shape index (κ2) is 7.62. The minimum atomic E-state index is -3.40. The normalized spacial score (nSPS) is 11.7.